The minimum Gasteiger partial charge on any atom is -0.466 e. The van der Waals surface area contributed by atoms with Gasteiger partial charge in [-0.2, -0.15) is 0 Å². The highest BCUT2D eigenvalue weighted by Gasteiger charge is 2.01. The van der Waals surface area contributed by atoms with Gasteiger partial charge in [-0.25, -0.2) is 0 Å². The highest BCUT2D eigenvalue weighted by Crippen LogP contribution is 2.09. The molecule has 0 aliphatic rings. The fraction of sp³-hybridized carbons (Fsp3) is 0.941. The van der Waals surface area contributed by atoms with Crippen molar-refractivity contribution >= 4 is 5.97 Å². The van der Waals surface area contributed by atoms with E-state index in [-0.39, 0.29) is 5.97 Å². The van der Waals surface area contributed by atoms with Gasteiger partial charge in [-0.1, -0.05) is 78.1 Å². The van der Waals surface area contributed by atoms with Gasteiger partial charge in [-0.3, -0.25) is 4.79 Å². The van der Waals surface area contributed by atoms with E-state index in [1.807, 2.05) is 0 Å². The summed E-state index contributed by atoms with van der Waals surface area (Å²) in [5.74, 6) is -0.000881. The molecule has 0 bridgehead atoms. The molecule has 0 aromatic heterocycles. The van der Waals surface area contributed by atoms with Gasteiger partial charge in [-0.05, 0) is 12.8 Å². The van der Waals surface area contributed by atoms with Crippen LogP contribution in [0.4, 0.5) is 0 Å². The minimum atomic E-state index is -0.000881. The first-order chi connectivity index (χ1) is 9.31. The maximum Gasteiger partial charge on any atom is 0.305 e. The highest BCUT2D eigenvalue weighted by atomic mass is 16.5. The van der Waals surface area contributed by atoms with Gasteiger partial charge in [0.25, 0.3) is 0 Å². The molecule has 0 radical (unpaired) electrons. The summed E-state index contributed by atoms with van der Waals surface area (Å²) in [6.07, 6.45) is 15.5. The minimum absolute atomic E-state index is 0.000881. The second-order valence-corrected chi connectivity index (χ2v) is 5.51. The normalized spacial score (nSPS) is 10.6. The molecule has 0 saturated heterocycles. The van der Waals surface area contributed by atoms with E-state index in [9.17, 15) is 4.79 Å². The smallest absolute Gasteiger partial charge is 0.305 e. The Morgan fingerprint density at radius 2 is 1.16 bits per heavy atom. The number of carbonyl (C=O) groups excluding carboxylic acids is 1. The molecule has 0 atom stereocenters. The van der Waals surface area contributed by atoms with Gasteiger partial charge < -0.3 is 4.74 Å². The number of rotatable bonds is 14. The molecule has 0 N–H and O–H groups in total. The van der Waals surface area contributed by atoms with Crippen molar-refractivity contribution in [2.45, 2.75) is 97.3 Å². The van der Waals surface area contributed by atoms with Crippen molar-refractivity contribution < 1.29 is 9.53 Å². The molecule has 19 heavy (non-hydrogen) atoms. The first-order valence-electron chi connectivity index (χ1n) is 8.46. The summed E-state index contributed by atoms with van der Waals surface area (Å²) >= 11 is 0. The highest BCUT2D eigenvalue weighted by molar-refractivity contribution is 5.69. The van der Waals surface area contributed by atoms with Gasteiger partial charge in [0.15, 0.2) is 0 Å². The van der Waals surface area contributed by atoms with Crippen molar-refractivity contribution in [3.8, 4) is 0 Å². The first-order valence-corrected chi connectivity index (χ1v) is 8.46. The molecule has 114 valence electrons. The lowest BCUT2D eigenvalue weighted by Gasteiger charge is -2.05. The van der Waals surface area contributed by atoms with Crippen molar-refractivity contribution in [1.29, 1.82) is 0 Å². The molecule has 0 aromatic carbocycles. The Balaban J connectivity index is 3.10. The number of esters is 1. The van der Waals surface area contributed by atoms with Crippen LogP contribution in [0.15, 0.2) is 0 Å². The molecule has 0 fully saturated rings. The average molecular weight is 270 g/mol. The van der Waals surface area contributed by atoms with E-state index in [0.29, 0.717) is 13.0 Å². The molecule has 0 aliphatic heterocycles. The maximum atomic E-state index is 11.4. The van der Waals surface area contributed by atoms with Gasteiger partial charge in [0.1, 0.15) is 0 Å². The van der Waals surface area contributed by atoms with Gasteiger partial charge in [0.2, 0.25) is 0 Å². The van der Waals surface area contributed by atoms with Crippen LogP contribution in [0.5, 0.6) is 0 Å². The number of carbonyl (C=O) groups is 1. The molecular weight excluding hydrogens is 236 g/mol. The topological polar surface area (TPSA) is 26.3 Å². The molecule has 0 spiro atoms. The molecule has 0 unspecified atom stereocenters. The predicted octanol–water partition coefficient (Wildman–Crippen LogP) is 5.64. The van der Waals surface area contributed by atoms with Crippen LogP contribution in [0, 0.1) is 0 Å². The second-order valence-electron chi connectivity index (χ2n) is 5.51. The van der Waals surface area contributed by atoms with Gasteiger partial charge in [-0.15, -0.1) is 0 Å². The van der Waals surface area contributed by atoms with E-state index >= 15 is 0 Å². The lowest BCUT2D eigenvalue weighted by molar-refractivity contribution is -0.143. The van der Waals surface area contributed by atoms with E-state index in [0.717, 1.165) is 19.3 Å². The van der Waals surface area contributed by atoms with Crippen molar-refractivity contribution in [3.05, 3.63) is 0 Å². The third-order valence-electron chi connectivity index (χ3n) is 3.50. The number of ether oxygens (including phenoxy) is 1. The molecule has 0 amide bonds. The Morgan fingerprint density at radius 3 is 1.74 bits per heavy atom. The molecule has 2 heteroatoms. The quantitative estimate of drug-likeness (QED) is 0.301. The summed E-state index contributed by atoms with van der Waals surface area (Å²) in [5, 5.41) is 0. The standard InChI is InChI=1S/C17H34O2/c1-3-5-7-9-10-11-12-14-16-19-17(18)15-13-8-6-4-2/h3-16H2,1-2H3. The average Bonchev–Trinajstić information content (AvgIpc) is 2.42. The SMILES string of the molecule is CCCCCCCCCCOC(=O)CCCCCC. The summed E-state index contributed by atoms with van der Waals surface area (Å²) in [6, 6.07) is 0. The third kappa shape index (κ3) is 15.4. The van der Waals surface area contributed by atoms with Crippen LogP contribution >= 0.6 is 0 Å². The van der Waals surface area contributed by atoms with Crippen LogP contribution < -0.4 is 0 Å². The fourth-order valence-corrected chi connectivity index (χ4v) is 2.19. The molecular formula is C17H34O2. The van der Waals surface area contributed by atoms with E-state index < -0.39 is 0 Å². The van der Waals surface area contributed by atoms with Gasteiger partial charge >= 0.3 is 5.97 Å². The summed E-state index contributed by atoms with van der Waals surface area (Å²) in [4.78, 5) is 11.4. The molecule has 0 saturated carbocycles. The second kappa shape index (κ2) is 15.5. The molecule has 0 aromatic rings. The molecule has 2 nitrogen and oxygen atoms in total. The zero-order valence-electron chi connectivity index (χ0n) is 13.2. The van der Waals surface area contributed by atoms with Crippen LogP contribution in [0.3, 0.4) is 0 Å². The molecule has 0 aliphatic carbocycles. The van der Waals surface area contributed by atoms with E-state index in [2.05, 4.69) is 13.8 Å². The Bertz CT molecular complexity index is 190. The summed E-state index contributed by atoms with van der Waals surface area (Å²) < 4.78 is 5.23. The van der Waals surface area contributed by atoms with Crippen LogP contribution in [-0.4, -0.2) is 12.6 Å². The Labute approximate surface area is 120 Å². The summed E-state index contributed by atoms with van der Waals surface area (Å²) in [7, 11) is 0. The molecule has 0 rings (SSSR count). The van der Waals surface area contributed by atoms with Crippen molar-refractivity contribution in [1.82, 2.24) is 0 Å². The zero-order valence-corrected chi connectivity index (χ0v) is 13.2. The van der Waals surface area contributed by atoms with Crippen molar-refractivity contribution in [2.24, 2.45) is 0 Å². The van der Waals surface area contributed by atoms with Gasteiger partial charge in [0.05, 0.1) is 6.61 Å². The van der Waals surface area contributed by atoms with Gasteiger partial charge in [0, 0.05) is 6.42 Å². The lowest BCUT2D eigenvalue weighted by atomic mass is 10.1. The Morgan fingerprint density at radius 1 is 0.684 bits per heavy atom. The van der Waals surface area contributed by atoms with Crippen molar-refractivity contribution in [3.63, 3.8) is 0 Å². The lowest BCUT2D eigenvalue weighted by Crippen LogP contribution is -2.05. The van der Waals surface area contributed by atoms with Crippen LogP contribution in [0.1, 0.15) is 97.3 Å². The third-order valence-corrected chi connectivity index (χ3v) is 3.50. The summed E-state index contributed by atoms with van der Waals surface area (Å²) in [5.41, 5.74) is 0. The van der Waals surface area contributed by atoms with Crippen LogP contribution in [0.25, 0.3) is 0 Å². The Kier molecular flexibility index (Phi) is 15.1. The van der Waals surface area contributed by atoms with E-state index in [1.54, 1.807) is 0 Å². The number of hydrogen-bond acceptors (Lipinski definition) is 2. The predicted molar refractivity (Wildman–Crippen MR) is 82.3 cm³/mol. The van der Waals surface area contributed by atoms with Crippen LogP contribution in [-0.2, 0) is 9.53 Å². The largest absolute Gasteiger partial charge is 0.466 e. The first kappa shape index (κ1) is 18.5. The monoisotopic (exact) mass is 270 g/mol. The van der Waals surface area contributed by atoms with Crippen LogP contribution in [0.2, 0.25) is 0 Å². The number of hydrogen-bond donors (Lipinski definition) is 0. The van der Waals surface area contributed by atoms with E-state index in [4.69, 9.17) is 4.74 Å². The number of unbranched alkanes of at least 4 members (excludes halogenated alkanes) is 10. The summed E-state index contributed by atoms with van der Waals surface area (Å²) in [6.45, 7) is 5.05. The maximum absolute atomic E-state index is 11.4. The zero-order chi connectivity index (χ0) is 14.2. The Hall–Kier alpha value is -0.530. The molecule has 0 heterocycles. The van der Waals surface area contributed by atoms with E-state index in [1.165, 1.54) is 57.8 Å². The van der Waals surface area contributed by atoms with Crippen molar-refractivity contribution in [2.75, 3.05) is 6.61 Å². The fourth-order valence-electron chi connectivity index (χ4n) is 2.19.